The topological polar surface area (TPSA) is 90.2 Å². The van der Waals surface area contributed by atoms with Gasteiger partial charge in [0.25, 0.3) is 5.69 Å². The highest BCUT2D eigenvalue weighted by atomic mass is 16.6. The van der Waals surface area contributed by atoms with Crippen LogP contribution in [0.5, 0.6) is 11.6 Å². The van der Waals surface area contributed by atoms with Gasteiger partial charge >= 0.3 is 0 Å². The van der Waals surface area contributed by atoms with Gasteiger partial charge in [-0.2, -0.15) is 4.98 Å². The quantitative estimate of drug-likeness (QED) is 0.671. The van der Waals surface area contributed by atoms with Crippen molar-refractivity contribution in [3.05, 3.63) is 46.1 Å². The molecule has 1 aromatic carbocycles. The van der Waals surface area contributed by atoms with Crippen LogP contribution in [0.3, 0.4) is 0 Å². The van der Waals surface area contributed by atoms with Crippen molar-refractivity contribution in [1.29, 1.82) is 0 Å². The van der Waals surface area contributed by atoms with E-state index in [1.54, 1.807) is 13.2 Å². The molecule has 0 saturated carbocycles. The lowest BCUT2D eigenvalue weighted by molar-refractivity contribution is -0.384. The minimum atomic E-state index is -0.459. The summed E-state index contributed by atoms with van der Waals surface area (Å²) in [6.07, 6.45) is 1.64. The minimum absolute atomic E-state index is 0.0164. The first kappa shape index (κ1) is 12.7. The summed E-state index contributed by atoms with van der Waals surface area (Å²) < 4.78 is 5.57. The Kier molecular flexibility index (Phi) is 3.56. The van der Waals surface area contributed by atoms with Crippen LogP contribution in [0.25, 0.3) is 0 Å². The number of aromatic nitrogens is 2. The second-order valence-electron chi connectivity index (χ2n) is 3.78. The zero-order chi connectivity index (χ0) is 13.8. The second kappa shape index (κ2) is 5.30. The van der Waals surface area contributed by atoms with Gasteiger partial charge in [-0.15, -0.1) is 0 Å². The molecule has 1 aromatic heterocycles. The molecule has 2 aromatic rings. The maximum Gasteiger partial charge on any atom is 0.269 e. The number of hydrogen-bond acceptors (Lipinski definition) is 6. The molecular formula is C12H12N4O3. The van der Waals surface area contributed by atoms with Crippen LogP contribution in [0, 0.1) is 17.0 Å². The average Bonchev–Trinajstić information content (AvgIpc) is 2.42. The number of non-ortho nitro benzene ring substituents is 1. The Bertz CT molecular complexity index is 598. The van der Waals surface area contributed by atoms with E-state index in [2.05, 4.69) is 15.3 Å². The van der Waals surface area contributed by atoms with E-state index in [-0.39, 0.29) is 5.69 Å². The third-order valence-electron chi connectivity index (χ3n) is 2.41. The largest absolute Gasteiger partial charge is 0.439 e. The van der Waals surface area contributed by atoms with Crippen LogP contribution in [0.2, 0.25) is 0 Å². The van der Waals surface area contributed by atoms with Gasteiger partial charge in [-0.25, -0.2) is 4.98 Å². The monoisotopic (exact) mass is 260 g/mol. The number of nitrogens with one attached hydrogen (secondary N) is 1. The third-order valence-corrected chi connectivity index (χ3v) is 2.41. The highest BCUT2D eigenvalue weighted by Gasteiger charge is 2.08. The number of aryl methyl sites for hydroxylation is 1. The molecule has 1 heterocycles. The van der Waals surface area contributed by atoms with Crippen LogP contribution >= 0.6 is 0 Å². The molecule has 0 amide bonds. The fourth-order valence-electron chi connectivity index (χ4n) is 1.40. The molecule has 1 N–H and O–H groups in total. The smallest absolute Gasteiger partial charge is 0.269 e. The summed E-state index contributed by atoms with van der Waals surface area (Å²) in [7, 11) is 1.71. The lowest BCUT2D eigenvalue weighted by Gasteiger charge is -2.08. The van der Waals surface area contributed by atoms with Crippen molar-refractivity contribution in [2.75, 3.05) is 12.4 Å². The summed E-state index contributed by atoms with van der Waals surface area (Å²) >= 11 is 0. The maximum atomic E-state index is 10.5. The summed E-state index contributed by atoms with van der Waals surface area (Å²) in [5.74, 6) is 1.34. The third kappa shape index (κ3) is 2.95. The van der Waals surface area contributed by atoms with Crippen LogP contribution < -0.4 is 10.1 Å². The van der Waals surface area contributed by atoms with Gasteiger partial charge in [0.1, 0.15) is 5.75 Å². The molecule has 0 saturated heterocycles. The molecular weight excluding hydrogens is 248 g/mol. The molecule has 0 atom stereocenters. The van der Waals surface area contributed by atoms with Crippen LogP contribution in [0.15, 0.2) is 30.5 Å². The van der Waals surface area contributed by atoms with E-state index in [1.165, 1.54) is 24.3 Å². The second-order valence-corrected chi connectivity index (χ2v) is 3.78. The molecule has 0 spiro atoms. The molecule has 0 radical (unpaired) electrons. The van der Waals surface area contributed by atoms with E-state index in [9.17, 15) is 10.1 Å². The van der Waals surface area contributed by atoms with Gasteiger partial charge in [0, 0.05) is 30.9 Å². The van der Waals surface area contributed by atoms with Crippen LogP contribution in [-0.4, -0.2) is 21.9 Å². The highest BCUT2D eigenvalue weighted by molar-refractivity contribution is 5.39. The SMILES string of the molecule is CNc1ncc(C)c(Oc2ccc([N+](=O)[O-])cc2)n1. The van der Waals surface area contributed by atoms with Crippen molar-refractivity contribution >= 4 is 11.6 Å². The number of benzene rings is 1. The van der Waals surface area contributed by atoms with Gasteiger partial charge in [-0.3, -0.25) is 10.1 Å². The molecule has 7 heteroatoms. The van der Waals surface area contributed by atoms with Crippen molar-refractivity contribution in [2.45, 2.75) is 6.92 Å². The molecule has 0 aliphatic rings. The van der Waals surface area contributed by atoms with E-state index in [0.29, 0.717) is 17.6 Å². The molecule has 2 rings (SSSR count). The summed E-state index contributed by atoms with van der Waals surface area (Å²) in [6.45, 7) is 1.82. The number of ether oxygens (including phenoxy) is 1. The van der Waals surface area contributed by atoms with Gasteiger partial charge in [-0.05, 0) is 19.1 Å². The summed E-state index contributed by atoms with van der Waals surface area (Å²) in [5, 5.41) is 13.4. The molecule has 0 bridgehead atoms. The molecule has 0 unspecified atom stereocenters. The molecule has 98 valence electrons. The fourth-order valence-corrected chi connectivity index (χ4v) is 1.40. The van der Waals surface area contributed by atoms with E-state index in [4.69, 9.17) is 4.74 Å². The van der Waals surface area contributed by atoms with Gasteiger partial charge < -0.3 is 10.1 Å². The number of anilines is 1. The number of nitrogens with zero attached hydrogens (tertiary/aromatic N) is 3. The highest BCUT2D eigenvalue weighted by Crippen LogP contribution is 2.25. The van der Waals surface area contributed by atoms with E-state index >= 15 is 0 Å². The maximum absolute atomic E-state index is 10.5. The number of hydrogen-bond donors (Lipinski definition) is 1. The Hall–Kier alpha value is -2.70. The normalized spacial score (nSPS) is 10.0. The van der Waals surface area contributed by atoms with Crippen LogP contribution in [-0.2, 0) is 0 Å². The summed E-state index contributed by atoms with van der Waals surface area (Å²) in [4.78, 5) is 18.3. The minimum Gasteiger partial charge on any atom is -0.439 e. The van der Waals surface area contributed by atoms with Crippen molar-refractivity contribution in [1.82, 2.24) is 9.97 Å². The molecule has 0 fully saturated rings. The Labute approximate surface area is 109 Å². The van der Waals surface area contributed by atoms with Crippen molar-refractivity contribution in [2.24, 2.45) is 0 Å². The fraction of sp³-hybridized carbons (Fsp3) is 0.167. The lowest BCUT2D eigenvalue weighted by Crippen LogP contribution is -1.99. The lowest BCUT2D eigenvalue weighted by atomic mass is 10.3. The first-order valence-corrected chi connectivity index (χ1v) is 5.54. The number of nitro benzene ring substituents is 1. The van der Waals surface area contributed by atoms with Crippen LogP contribution in [0.1, 0.15) is 5.56 Å². The first-order chi connectivity index (χ1) is 9.10. The number of rotatable bonds is 4. The van der Waals surface area contributed by atoms with Gasteiger partial charge in [0.05, 0.1) is 4.92 Å². The average molecular weight is 260 g/mol. The Morgan fingerprint density at radius 2 is 2.00 bits per heavy atom. The first-order valence-electron chi connectivity index (χ1n) is 5.54. The van der Waals surface area contributed by atoms with Crippen molar-refractivity contribution in [3.63, 3.8) is 0 Å². The summed E-state index contributed by atoms with van der Waals surface area (Å²) in [6, 6.07) is 5.81. The zero-order valence-corrected chi connectivity index (χ0v) is 10.5. The number of nitro groups is 1. The predicted molar refractivity (Wildman–Crippen MR) is 69.5 cm³/mol. The summed E-state index contributed by atoms with van der Waals surface area (Å²) in [5.41, 5.74) is 0.792. The molecule has 7 nitrogen and oxygen atoms in total. The predicted octanol–water partition coefficient (Wildman–Crippen LogP) is 2.53. The Morgan fingerprint density at radius 3 is 2.58 bits per heavy atom. The van der Waals surface area contributed by atoms with Crippen LogP contribution in [0.4, 0.5) is 11.6 Å². The molecule has 0 aliphatic carbocycles. The standard InChI is InChI=1S/C12H12N4O3/c1-8-7-14-12(13-2)15-11(8)19-10-5-3-9(4-6-10)16(17)18/h3-7H,1-2H3,(H,13,14,15). The Balaban J connectivity index is 2.23. The van der Waals surface area contributed by atoms with E-state index in [0.717, 1.165) is 5.56 Å². The van der Waals surface area contributed by atoms with Crippen molar-refractivity contribution in [3.8, 4) is 11.6 Å². The zero-order valence-electron chi connectivity index (χ0n) is 10.5. The van der Waals surface area contributed by atoms with Gasteiger partial charge in [0.2, 0.25) is 11.8 Å². The molecule has 0 aliphatic heterocycles. The van der Waals surface area contributed by atoms with E-state index < -0.39 is 4.92 Å². The van der Waals surface area contributed by atoms with Crippen molar-refractivity contribution < 1.29 is 9.66 Å². The Morgan fingerprint density at radius 1 is 1.32 bits per heavy atom. The van der Waals surface area contributed by atoms with Gasteiger partial charge in [-0.1, -0.05) is 0 Å². The molecule has 19 heavy (non-hydrogen) atoms. The van der Waals surface area contributed by atoms with Gasteiger partial charge in [0.15, 0.2) is 0 Å². The van der Waals surface area contributed by atoms with E-state index in [1.807, 2.05) is 6.92 Å².